The highest BCUT2D eigenvalue weighted by Gasteiger charge is 2.20. The Hall–Kier alpha value is -2.32. The van der Waals surface area contributed by atoms with Crippen LogP contribution in [0.15, 0.2) is 65.6 Å². The molecule has 3 rings (SSSR count). The fraction of sp³-hybridized carbons (Fsp3) is 0. The molecule has 0 heterocycles. The van der Waals surface area contributed by atoms with Crippen LogP contribution >= 0.6 is 34.8 Å². The summed E-state index contributed by atoms with van der Waals surface area (Å²) in [6.07, 6.45) is 0. The second-order valence-corrected chi connectivity index (χ2v) is 8.66. The van der Waals surface area contributed by atoms with Gasteiger partial charge in [-0.2, -0.15) is 0 Å². The summed E-state index contributed by atoms with van der Waals surface area (Å²) in [6, 6.07) is 13.8. The van der Waals surface area contributed by atoms with Gasteiger partial charge in [0, 0.05) is 0 Å². The molecule has 0 unspecified atom stereocenters. The van der Waals surface area contributed by atoms with Crippen molar-refractivity contribution in [1.82, 2.24) is 0 Å². The quantitative estimate of drug-likeness (QED) is 0.489. The van der Waals surface area contributed by atoms with E-state index in [1.54, 1.807) is 12.1 Å². The van der Waals surface area contributed by atoms with Gasteiger partial charge in [-0.15, -0.1) is 0 Å². The lowest BCUT2D eigenvalue weighted by atomic mass is 10.2. The summed E-state index contributed by atoms with van der Waals surface area (Å²) in [7, 11) is -4.15. The zero-order chi connectivity index (χ0) is 21.2. The van der Waals surface area contributed by atoms with Crippen LogP contribution in [0.25, 0.3) is 0 Å². The normalized spacial score (nSPS) is 11.2. The molecule has 29 heavy (non-hydrogen) atoms. The van der Waals surface area contributed by atoms with Gasteiger partial charge in [-0.25, -0.2) is 12.8 Å². The minimum atomic E-state index is -4.15. The van der Waals surface area contributed by atoms with Crippen molar-refractivity contribution in [3.8, 4) is 0 Å². The number of hydrogen-bond acceptors (Lipinski definition) is 3. The van der Waals surface area contributed by atoms with Gasteiger partial charge in [0.05, 0.1) is 36.9 Å². The number of amides is 1. The number of carbonyl (C=O) groups excluding carboxylic acids is 1. The molecule has 0 aromatic heterocycles. The third-order valence-corrected chi connectivity index (χ3v) is 6.33. The topological polar surface area (TPSA) is 75.3 Å². The van der Waals surface area contributed by atoms with E-state index in [4.69, 9.17) is 34.8 Å². The molecule has 1 amide bonds. The van der Waals surface area contributed by atoms with E-state index in [0.717, 1.165) is 18.2 Å². The lowest BCUT2D eigenvalue weighted by Crippen LogP contribution is -2.16. The number of anilines is 2. The van der Waals surface area contributed by atoms with E-state index in [2.05, 4.69) is 10.0 Å². The third-order valence-electron chi connectivity index (χ3n) is 3.81. The standard InChI is InChI=1S/C19H12Cl3FN2O3S/c20-13-5-2-1-4-12(13)19(26)24-16-9-8-11(10-15(16)23)29(27,28)25-17-7-3-6-14(21)18(17)22/h1-10,25H,(H,24,26). The van der Waals surface area contributed by atoms with Crippen LogP contribution in [0.4, 0.5) is 15.8 Å². The summed E-state index contributed by atoms with van der Waals surface area (Å²) >= 11 is 17.8. The Bertz CT molecular complexity index is 1200. The molecule has 0 fully saturated rings. The van der Waals surface area contributed by atoms with Crippen LogP contribution in [0.2, 0.25) is 15.1 Å². The maximum atomic E-state index is 14.5. The Morgan fingerprint density at radius 2 is 1.55 bits per heavy atom. The van der Waals surface area contributed by atoms with Crippen molar-refractivity contribution in [3.63, 3.8) is 0 Å². The van der Waals surface area contributed by atoms with Gasteiger partial charge in [-0.3, -0.25) is 9.52 Å². The van der Waals surface area contributed by atoms with Gasteiger partial charge in [0.1, 0.15) is 5.82 Å². The summed E-state index contributed by atoms with van der Waals surface area (Å²) in [5, 5.41) is 2.74. The molecule has 0 aliphatic heterocycles. The van der Waals surface area contributed by atoms with Gasteiger partial charge in [-0.05, 0) is 42.5 Å². The van der Waals surface area contributed by atoms with E-state index in [9.17, 15) is 17.6 Å². The molecule has 3 aromatic carbocycles. The SMILES string of the molecule is O=C(Nc1ccc(S(=O)(=O)Nc2cccc(Cl)c2Cl)cc1F)c1ccccc1Cl. The van der Waals surface area contributed by atoms with Gasteiger partial charge in [0.25, 0.3) is 15.9 Å². The monoisotopic (exact) mass is 472 g/mol. The molecule has 2 N–H and O–H groups in total. The molecule has 0 spiro atoms. The molecule has 0 bridgehead atoms. The number of halogens is 4. The Labute approximate surface area is 181 Å². The molecule has 10 heteroatoms. The third kappa shape index (κ3) is 4.82. The zero-order valence-electron chi connectivity index (χ0n) is 14.4. The Kier molecular flexibility index (Phi) is 6.33. The average molecular weight is 474 g/mol. The maximum Gasteiger partial charge on any atom is 0.262 e. The van der Waals surface area contributed by atoms with Gasteiger partial charge in [0.2, 0.25) is 0 Å². The van der Waals surface area contributed by atoms with Crippen molar-refractivity contribution in [2.75, 3.05) is 10.0 Å². The second-order valence-electron chi connectivity index (χ2n) is 5.78. The molecule has 0 aliphatic rings. The summed E-state index contributed by atoms with van der Waals surface area (Å²) in [5.41, 5.74) is 0.00728. The molecule has 0 atom stereocenters. The van der Waals surface area contributed by atoms with Gasteiger partial charge < -0.3 is 5.32 Å². The van der Waals surface area contributed by atoms with Crippen molar-refractivity contribution < 1.29 is 17.6 Å². The number of carbonyl (C=O) groups is 1. The average Bonchev–Trinajstić information content (AvgIpc) is 2.67. The fourth-order valence-corrected chi connectivity index (χ4v) is 4.09. The lowest BCUT2D eigenvalue weighted by Gasteiger charge is -2.12. The molecule has 0 aliphatic carbocycles. The van der Waals surface area contributed by atoms with E-state index in [1.165, 1.54) is 30.3 Å². The molecule has 3 aromatic rings. The fourth-order valence-electron chi connectivity index (χ4n) is 2.39. The second kappa shape index (κ2) is 8.59. The number of rotatable bonds is 5. The first-order chi connectivity index (χ1) is 13.7. The molecular formula is C19H12Cl3FN2O3S. The summed E-state index contributed by atoms with van der Waals surface area (Å²) in [6.45, 7) is 0. The van der Waals surface area contributed by atoms with Crippen molar-refractivity contribution >= 4 is 62.1 Å². The van der Waals surface area contributed by atoms with Crippen molar-refractivity contribution in [2.24, 2.45) is 0 Å². The Balaban J connectivity index is 1.84. The van der Waals surface area contributed by atoms with Gasteiger partial charge >= 0.3 is 0 Å². The summed E-state index contributed by atoms with van der Waals surface area (Å²) in [4.78, 5) is 11.9. The minimum absolute atomic E-state index is 0.0156. The highest BCUT2D eigenvalue weighted by Crippen LogP contribution is 2.31. The maximum absolute atomic E-state index is 14.5. The van der Waals surface area contributed by atoms with Crippen molar-refractivity contribution in [1.29, 1.82) is 0 Å². The predicted octanol–water partition coefficient (Wildman–Crippen LogP) is 5.84. The Morgan fingerprint density at radius 1 is 0.862 bits per heavy atom. The first kappa shape index (κ1) is 21.4. The van der Waals surface area contributed by atoms with E-state index >= 15 is 0 Å². The number of hydrogen-bond donors (Lipinski definition) is 2. The molecule has 0 radical (unpaired) electrons. The predicted molar refractivity (Wildman–Crippen MR) is 113 cm³/mol. The zero-order valence-corrected chi connectivity index (χ0v) is 17.5. The highest BCUT2D eigenvalue weighted by atomic mass is 35.5. The molecule has 5 nitrogen and oxygen atoms in total. The van der Waals surface area contributed by atoms with E-state index < -0.39 is 21.7 Å². The van der Waals surface area contributed by atoms with E-state index in [1.807, 2.05) is 0 Å². The summed E-state index contributed by atoms with van der Waals surface area (Å²) in [5.74, 6) is -1.57. The van der Waals surface area contributed by atoms with Gasteiger partial charge in [-0.1, -0.05) is 53.0 Å². The van der Waals surface area contributed by atoms with Crippen LogP contribution in [0.3, 0.4) is 0 Å². The van der Waals surface area contributed by atoms with E-state index in [0.29, 0.717) is 0 Å². The van der Waals surface area contributed by atoms with E-state index in [-0.39, 0.29) is 36.9 Å². The molecule has 0 saturated carbocycles. The van der Waals surface area contributed by atoms with Crippen LogP contribution in [0.1, 0.15) is 10.4 Å². The van der Waals surface area contributed by atoms with Crippen LogP contribution in [-0.2, 0) is 10.0 Å². The van der Waals surface area contributed by atoms with Crippen LogP contribution in [0, 0.1) is 5.82 Å². The number of benzene rings is 3. The largest absolute Gasteiger partial charge is 0.319 e. The highest BCUT2D eigenvalue weighted by molar-refractivity contribution is 7.92. The smallest absolute Gasteiger partial charge is 0.262 e. The van der Waals surface area contributed by atoms with Crippen LogP contribution in [-0.4, -0.2) is 14.3 Å². The summed E-state index contributed by atoms with van der Waals surface area (Å²) < 4.78 is 41.8. The number of sulfonamides is 1. The van der Waals surface area contributed by atoms with Gasteiger partial charge in [0.15, 0.2) is 0 Å². The molecule has 150 valence electrons. The minimum Gasteiger partial charge on any atom is -0.319 e. The first-order valence-electron chi connectivity index (χ1n) is 8.01. The first-order valence-corrected chi connectivity index (χ1v) is 10.6. The van der Waals surface area contributed by atoms with Crippen molar-refractivity contribution in [2.45, 2.75) is 4.90 Å². The number of nitrogens with one attached hydrogen (secondary N) is 2. The Morgan fingerprint density at radius 3 is 2.24 bits per heavy atom. The molecular weight excluding hydrogens is 462 g/mol. The van der Waals surface area contributed by atoms with Crippen molar-refractivity contribution in [3.05, 3.63) is 87.1 Å². The van der Waals surface area contributed by atoms with Crippen LogP contribution in [0.5, 0.6) is 0 Å². The lowest BCUT2D eigenvalue weighted by molar-refractivity contribution is 0.102. The molecule has 0 saturated heterocycles. The van der Waals surface area contributed by atoms with Crippen LogP contribution < -0.4 is 10.0 Å².